The van der Waals surface area contributed by atoms with E-state index in [1.807, 2.05) is 0 Å². The molecule has 0 bridgehead atoms. The van der Waals surface area contributed by atoms with Gasteiger partial charge in [0.25, 0.3) is 0 Å². The molecule has 0 rings (SSSR count). The van der Waals surface area contributed by atoms with E-state index in [1.54, 1.807) is 0 Å². The van der Waals surface area contributed by atoms with Crippen molar-refractivity contribution in [2.24, 2.45) is 17.8 Å². The number of hydrogen-bond donors (Lipinski definition) is 2. The number of unbranched alkanes of at least 4 members (excludes halogenated alkanes) is 4. The van der Waals surface area contributed by atoms with Gasteiger partial charge in [-0.25, -0.2) is 8.42 Å². The van der Waals surface area contributed by atoms with Crippen LogP contribution in [0.15, 0.2) is 0 Å². The van der Waals surface area contributed by atoms with E-state index >= 15 is 0 Å². The molecule has 4 unspecified atom stereocenters. The summed E-state index contributed by atoms with van der Waals surface area (Å²) in [5, 5.41) is 18.5. The summed E-state index contributed by atoms with van der Waals surface area (Å²) in [5.41, 5.74) is 0. The fourth-order valence-corrected chi connectivity index (χ4v) is 5.89. The smallest absolute Gasteiger partial charge is 0.0948 e. The maximum atomic E-state index is 10.8. The zero-order valence-electron chi connectivity index (χ0n) is 24.4. The van der Waals surface area contributed by atoms with Crippen molar-refractivity contribution in [1.29, 1.82) is 0 Å². The second-order valence-corrected chi connectivity index (χ2v) is 13.7. The summed E-state index contributed by atoms with van der Waals surface area (Å²) in [7, 11) is 0.155. The van der Waals surface area contributed by atoms with Crippen molar-refractivity contribution < 1.29 is 27.7 Å². The molecule has 2 N–H and O–H groups in total. The van der Waals surface area contributed by atoms with Gasteiger partial charge in [0, 0.05) is 12.2 Å². The predicted molar refractivity (Wildman–Crippen MR) is 151 cm³/mol. The summed E-state index contributed by atoms with van der Waals surface area (Å²) in [5.74, 6) is 2.05. The van der Waals surface area contributed by atoms with Crippen LogP contribution >= 0.6 is 0 Å². The molecule has 0 aliphatic heterocycles. The van der Waals surface area contributed by atoms with Crippen molar-refractivity contribution in [3.63, 3.8) is 0 Å². The molecule has 0 fully saturated rings. The van der Waals surface area contributed by atoms with Gasteiger partial charge >= 0.3 is 0 Å². The van der Waals surface area contributed by atoms with Crippen LogP contribution in [-0.4, -0.2) is 73.3 Å². The van der Waals surface area contributed by atoms with Crippen LogP contribution in [0.25, 0.3) is 0 Å². The van der Waals surface area contributed by atoms with Crippen LogP contribution in [0.3, 0.4) is 0 Å². The molecule has 0 heterocycles. The highest BCUT2D eigenvalue weighted by Gasteiger charge is 2.18. The highest BCUT2D eigenvalue weighted by Crippen LogP contribution is 2.30. The van der Waals surface area contributed by atoms with Crippen molar-refractivity contribution in [3.8, 4) is 0 Å². The first-order valence-corrected chi connectivity index (χ1v) is 16.5. The lowest BCUT2D eigenvalue weighted by Gasteiger charge is -2.30. The van der Waals surface area contributed by atoms with E-state index in [1.165, 1.54) is 70.6 Å². The van der Waals surface area contributed by atoms with E-state index in [0.29, 0.717) is 18.8 Å². The second kappa shape index (κ2) is 20.7. The molecule has 0 radical (unpaired) electrons. The maximum Gasteiger partial charge on any atom is 0.0948 e. The van der Waals surface area contributed by atoms with Crippen LogP contribution in [0, 0.1) is 17.8 Å². The van der Waals surface area contributed by atoms with E-state index in [9.17, 15) is 18.1 Å². The van der Waals surface area contributed by atoms with Crippen LogP contribution in [-0.2, 0) is 10.1 Å². The Balaban J connectivity index is 4.39. The van der Waals surface area contributed by atoms with Crippen molar-refractivity contribution in [2.45, 2.75) is 130 Å². The van der Waals surface area contributed by atoms with E-state index in [4.69, 9.17) is 5.11 Å². The van der Waals surface area contributed by atoms with Gasteiger partial charge in [0.05, 0.1) is 50.0 Å². The van der Waals surface area contributed by atoms with E-state index < -0.39 is 16.2 Å². The third-order valence-corrected chi connectivity index (χ3v) is 8.79. The average molecular weight is 536 g/mol. The molecule has 218 valence electrons. The molecule has 0 aromatic rings. The number of rotatable bonds is 25. The number of aliphatic hydroxyl groups is 2. The summed E-state index contributed by atoms with van der Waals surface area (Å²) < 4.78 is 33.3. The average Bonchev–Trinajstić information content (AvgIpc) is 2.80. The van der Waals surface area contributed by atoms with Gasteiger partial charge in [0.2, 0.25) is 0 Å². The molecule has 36 heavy (non-hydrogen) atoms. The molecule has 0 aliphatic carbocycles. The first-order valence-electron chi connectivity index (χ1n) is 15.0. The molecule has 7 heteroatoms. The zero-order chi connectivity index (χ0) is 27.5. The zero-order valence-corrected chi connectivity index (χ0v) is 25.2. The van der Waals surface area contributed by atoms with Crippen molar-refractivity contribution in [2.75, 3.05) is 39.5 Å². The Hall–Kier alpha value is -0.210. The van der Waals surface area contributed by atoms with Gasteiger partial charge < -0.3 is 19.2 Å². The molecule has 0 spiro atoms. The van der Waals surface area contributed by atoms with E-state index in [-0.39, 0.29) is 12.4 Å². The number of nitrogens with zero attached hydrogens (tertiary/aromatic N) is 1. The molecule has 0 aromatic heterocycles. The summed E-state index contributed by atoms with van der Waals surface area (Å²) in [6.45, 7) is 8.59. The van der Waals surface area contributed by atoms with Crippen LogP contribution in [0.5, 0.6) is 0 Å². The third-order valence-electron chi connectivity index (χ3n) is 8.01. The molecule has 0 aliphatic rings. The fourth-order valence-electron chi connectivity index (χ4n) is 5.41. The van der Waals surface area contributed by atoms with E-state index in [0.717, 1.165) is 48.7 Å². The normalized spacial score (nSPS) is 16.1. The topological polar surface area (TPSA) is 97.7 Å². The Morgan fingerprint density at radius 1 is 0.778 bits per heavy atom. The Bertz CT molecular complexity index is 611. The first-order chi connectivity index (χ1) is 16.9. The monoisotopic (exact) mass is 535 g/mol. The molecule has 4 atom stereocenters. The SMILES string of the molecule is CCCCCC(CCC(C)CCCC(O)CO)CC(CC)CCCCC[N+](C)(C)CCCS(=O)(=O)[O-]. The molecule has 0 saturated carbocycles. The number of hydrogen-bond acceptors (Lipinski definition) is 5. The quantitative estimate of drug-likeness (QED) is 0.0835. The molecular formula is C29H61NO5S. The van der Waals surface area contributed by atoms with Crippen LogP contribution in [0.4, 0.5) is 0 Å². The molecule has 0 amide bonds. The van der Waals surface area contributed by atoms with Gasteiger partial charge in [-0.15, -0.1) is 0 Å². The molecule has 0 aromatic carbocycles. The summed E-state index contributed by atoms with van der Waals surface area (Å²) in [6, 6.07) is 0. The van der Waals surface area contributed by atoms with Crippen LogP contribution in [0.1, 0.15) is 124 Å². The van der Waals surface area contributed by atoms with Gasteiger partial charge in [-0.3, -0.25) is 0 Å². The lowest BCUT2D eigenvalue weighted by Crippen LogP contribution is -2.41. The minimum atomic E-state index is -4.10. The fraction of sp³-hybridized carbons (Fsp3) is 1.00. The van der Waals surface area contributed by atoms with Gasteiger partial charge in [-0.05, 0) is 43.4 Å². The Kier molecular flexibility index (Phi) is 20.6. The predicted octanol–water partition coefficient (Wildman–Crippen LogP) is 6.11. The summed E-state index contributed by atoms with van der Waals surface area (Å²) in [4.78, 5) is 0. The third kappa shape index (κ3) is 21.8. The maximum absolute atomic E-state index is 10.8. The number of aliphatic hydroxyl groups excluding tert-OH is 2. The Labute approximate surface area is 224 Å². The van der Waals surface area contributed by atoms with Gasteiger partial charge in [0.1, 0.15) is 0 Å². The van der Waals surface area contributed by atoms with Gasteiger partial charge in [-0.1, -0.05) is 91.4 Å². The highest BCUT2D eigenvalue weighted by molar-refractivity contribution is 7.85. The van der Waals surface area contributed by atoms with Crippen molar-refractivity contribution in [3.05, 3.63) is 0 Å². The van der Waals surface area contributed by atoms with Gasteiger partial charge in [0.15, 0.2) is 0 Å². The van der Waals surface area contributed by atoms with Crippen molar-refractivity contribution >= 4 is 10.1 Å². The first kappa shape index (κ1) is 35.8. The second-order valence-electron chi connectivity index (χ2n) is 12.2. The summed E-state index contributed by atoms with van der Waals surface area (Å²) >= 11 is 0. The Morgan fingerprint density at radius 3 is 2.03 bits per heavy atom. The lowest BCUT2D eigenvalue weighted by molar-refractivity contribution is -0.890. The van der Waals surface area contributed by atoms with Crippen LogP contribution < -0.4 is 0 Å². The number of quaternary nitrogens is 1. The molecular weight excluding hydrogens is 474 g/mol. The molecule has 6 nitrogen and oxygen atoms in total. The minimum Gasteiger partial charge on any atom is -0.748 e. The lowest BCUT2D eigenvalue weighted by atomic mass is 9.82. The Morgan fingerprint density at radius 2 is 1.42 bits per heavy atom. The van der Waals surface area contributed by atoms with Crippen LogP contribution in [0.2, 0.25) is 0 Å². The van der Waals surface area contributed by atoms with E-state index in [2.05, 4.69) is 34.9 Å². The standard InChI is InChI=1S/C29H61NO5S/c1-6-8-10-17-28(20-19-26(3)15-13-18-29(32)25-31)24-27(7-2)16-11-9-12-21-30(4,5)22-14-23-36(33,34)35/h26-29,31-32H,6-25H2,1-5H3. The minimum absolute atomic E-state index is 0.127. The largest absolute Gasteiger partial charge is 0.748 e. The molecule has 0 saturated heterocycles. The summed E-state index contributed by atoms with van der Waals surface area (Å²) in [6.07, 6.45) is 18.1. The highest BCUT2D eigenvalue weighted by atomic mass is 32.2. The van der Waals surface area contributed by atoms with Gasteiger partial charge in [-0.2, -0.15) is 0 Å². The van der Waals surface area contributed by atoms with Crippen molar-refractivity contribution in [1.82, 2.24) is 0 Å².